The summed E-state index contributed by atoms with van der Waals surface area (Å²) in [4.78, 5) is 2.33. The number of nitrogens with zero attached hydrogens (tertiary/aromatic N) is 1. The van der Waals surface area contributed by atoms with E-state index < -0.39 is 0 Å². The Labute approximate surface area is 131 Å². The van der Waals surface area contributed by atoms with Crippen LogP contribution in [0.3, 0.4) is 0 Å². The number of likely N-dealkylation sites (N-methyl/N-ethyl adjacent to an activating group) is 1. The molecule has 0 radical (unpaired) electrons. The van der Waals surface area contributed by atoms with Crippen molar-refractivity contribution >= 4 is 27.5 Å². The molecular formula is C15H15BrClNO2. The third kappa shape index (κ3) is 2.60. The summed E-state index contributed by atoms with van der Waals surface area (Å²) < 4.78 is 12.5. The Morgan fingerprint density at radius 1 is 1.45 bits per heavy atom. The predicted molar refractivity (Wildman–Crippen MR) is 82.2 cm³/mol. The van der Waals surface area contributed by atoms with Gasteiger partial charge in [-0.05, 0) is 40.7 Å². The van der Waals surface area contributed by atoms with Gasteiger partial charge in [-0.3, -0.25) is 4.90 Å². The van der Waals surface area contributed by atoms with Crippen LogP contribution in [0, 0.1) is 0 Å². The van der Waals surface area contributed by atoms with Crippen molar-refractivity contribution in [3.8, 4) is 5.75 Å². The Morgan fingerprint density at radius 2 is 2.30 bits per heavy atom. The van der Waals surface area contributed by atoms with Crippen LogP contribution in [-0.2, 0) is 6.54 Å². The zero-order valence-electron chi connectivity index (χ0n) is 11.1. The van der Waals surface area contributed by atoms with Gasteiger partial charge < -0.3 is 9.15 Å². The van der Waals surface area contributed by atoms with Gasteiger partial charge in [-0.15, -0.1) is 0 Å². The molecule has 3 nitrogen and oxygen atoms in total. The summed E-state index contributed by atoms with van der Waals surface area (Å²) in [6.07, 6.45) is 1.60. The SMILES string of the molecule is CCN1Cc2ccoc2C(Oc2cccc(Br)c2Cl)C1. The Balaban J connectivity index is 1.89. The number of halogens is 2. The van der Waals surface area contributed by atoms with Crippen molar-refractivity contribution in [2.24, 2.45) is 0 Å². The fourth-order valence-corrected chi connectivity index (χ4v) is 2.96. The van der Waals surface area contributed by atoms with Crippen LogP contribution in [0.4, 0.5) is 0 Å². The van der Waals surface area contributed by atoms with E-state index in [-0.39, 0.29) is 6.10 Å². The highest BCUT2D eigenvalue weighted by molar-refractivity contribution is 9.10. The fraction of sp³-hybridized carbons (Fsp3) is 0.333. The molecule has 5 heteroatoms. The topological polar surface area (TPSA) is 25.6 Å². The van der Waals surface area contributed by atoms with E-state index in [9.17, 15) is 0 Å². The molecule has 0 aliphatic carbocycles. The first-order chi connectivity index (χ1) is 9.69. The summed E-state index contributed by atoms with van der Waals surface area (Å²) in [5.74, 6) is 1.58. The lowest BCUT2D eigenvalue weighted by Crippen LogP contribution is -2.35. The maximum atomic E-state index is 6.27. The van der Waals surface area contributed by atoms with Crippen LogP contribution in [0.5, 0.6) is 5.75 Å². The third-order valence-electron chi connectivity index (χ3n) is 3.52. The molecule has 1 aromatic carbocycles. The monoisotopic (exact) mass is 355 g/mol. The Hall–Kier alpha value is -0.970. The van der Waals surface area contributed by atoms with Crippen LogP contribution in [0.1, 0.15) is 24.4 Å². The second kappa shape index (κ2) is 5.80. The standard InChI is InChI=1S/C15H15BrClNO2/c1-2-18-8-10-6-7-19-15(10)13(9-18)20-12-5-3-4-11(16)14(12)17/h3-7,13H,2,8-9H2,1H3. The van der Waals surface area contributed by atoms with Crippen molar-refractivity contribution in [3.63, 3.8) is 0 Å². The average molecular weight is 357 g/mol. The van der Waals surface area contributed by atoms with Gasteiger partial charge in [-0.2, -0.15) is 0 Å². The molecule has 0 amide bonds. The van der Waals surface area contributed by atoms with Gasteiger partial charge in [-0.1, -0.05) is 24.6 Å². The molecule has 0 spiro atoms. The number of fused-ring (bicyclic) bond motifs is 1. The van der Waals surface area contributed by atoms with Crippen molar-refractivity contribution in [1.82, 2.24) is 4.90 Å². The minimum Gasteiger partial charge on any atom is -0.480 e. The Bertz CT molecular complexity index is 614. The van der Waals surface area contributed by atoms with Gasteiger partial charge in [0.2, 0.25) is 0 Å². The fourth-order valence-electron chi connectivity index (χ4n) is 2.44. The molecule has 2 heterocycles. The second-order valence-electron chi connectivity index (χ2n) is 4.80. The minimum absolute atomic E-state index is 0.125. The second-order valence-corrected chi connectivity index (χ2v) is 6.03. The molecule has 0 N–H and O–H groups in total. The van der Waals surface area contributed by atoms with E-state index in [4.69, 9.17) is 20.8 Å². The molecule has 0 fully saturated rings. The maximum absolute atomic E-state index is 6.27. The van der Waals surface area contributed by atoms with Gasteiger partial charge in [0, 0.05) is 23.1 Å². The first-order valence-electron chi connectivity index (χ1n) is 6.58. The number of furan rings is 1. The average Bonchev–Trinajstić information content (AvgIpc) is 2.92. The van der Waals surface area contributed by atoms with Gasteiger partial charge in [0.05, 0.1) is 11.3 Å². The molecule has 3 rings (SSSR count). The zero-order chi connectivity index (χ0) is 14.1. The molecule has 2 aromatic rings. The number of hydrogen-bond donors (Lipinski definition) is 0. The lowest BCUT2D eigenvalue weighted by molar-refractivity contribution is 0.0951. The Kier molecular flexibility index (Phi) is 4.06. The van der Waals surface area contributed by atoms with Crippen molar-refractivity contribution in [3.05, 3.63) is 51.3 Å². The highest BCUT2D eigenvalue weighted by Gasteiger charge is 2.29. The highest BCUT2D eigenvalue weighted by atomic mass is 79.9. The first kappa shape index (κ1) is 14.0. The molecular weight excluding hydrogens is 342 g/mol. The van der Waals surface area contributed by atoms with E-state index in [1.54, 1.807) is 6.26 Å². The van der Waals surface area contributed by atoms with E-state index in [1.165, 1.54) is 5.56 Å². The van der Waals surface area contributed by atoms with Gasteiger partial charge in [-0.25, -0.2) is 0 Å². The zero-order valence-corrected chi connectivity index (χ0v) is 13.4. The van der Waals surface area contributed by atoms with Gasteiger partial charge >= 0.3 is 0 Å². The van der Waals surface area contributed by atoms with Crippen molar-refractivity contribution in [2.75, 3.05) is 13.1 Å². The first-order valence-corrected chi connectivity index (χ1v) is 7.75. The minimum atomic E-state index is -0.125. The Morgan fingerprint density at radius 3 is 3.10 bits per heavy atom. The van der Waals surface area contributed by atoms with Crippen molar-refractivity contribution < 1.29 is 9.15 Å². The summed E-state index contributed by atoms with van der Waals surface area (Å²) in [6, 6.07) is 7.69. The van der Waals surface area contributed by atoms with E-state index in [0.717, 1.165) is 29.9 Å². The molecule has 106 valence electrons. The number of benzene rings is 1. The maximum Gasteiger partial charge on any atom is 0.169 e. The van der Waals surface area contributed by atoms with Gasteiger partial charge in [0.25, 0.3) is 0 Å². The van der Waals surface area contributed by atoms with E-state index in [1.807, 2.05) is 24.3 Å². The van der Waals surface area contributed by atoms with Crippen molar-refractivity contribution in [2.45, 2.75) is 19.6 Å². The number of hydrogen-bond acceptors (Lipinski definition) is 3. The lowest BCUT2D eigenvalue weighted by Gasteiger charge is -2.31. The molecule has 1 aromatic heterocycles. The summed E-state index contributed by atoms with van der Waals surface area (Å²) >= 11 is 9.68. The van der Waals surface area contributed by atoms with Crippen molar-refractivity contribution in [1.29, 1.82) is 0 Å². The largest absolute Gasteiger partial charge is 0.480 e. The molecule has 1 atom stereocenters. The summed E-state index contributed by atoms with van der Waals surface area (Å²) in [6.45, 7) is 4.85. The quantitative estimate of drug-likeness (QED) is 0.800. The number of ether oxygens (including phenoxy) is 1. The van der Waals surface area contributed by atoms with Crippen LogP contribution < -0.4 is 4.74 Å². The molecule has 20 heavy (non-hydrogen) atoms. The normalized spacial score (nSPS) is 18.9. The predicted octanol–water partition coefficient (Wildman–Crippen LogP) is 4.65. The lowest BCUT2D eigenvalue weighted by atomic mass is 10.1. The molecule has 0 saturated carbocycles. The number of rotatable bonds is 3. The van der Waals surface area contributed by atoms with Gasteiger partial charge in [0.1, 0.15) is 11.5 Å². The molecule has 1 aliphatic rings. The molecule has 1 unspecified atom stereocenters. The molecule has 0 saturated heterocycles. The van der Waals surface area contributed by atoms with Crippen LogP contribution in [0.15, 0.2) is 39.4 Å². The van der Waals surface area contributed by atoms with Crippen LogP contribution in [0.25, 0.3) is 0 Å². The van der Waals surface area contributed by atoms with Crippen LogP contribution in [0.2, 0.25) is 5.02 Å². The van der Waals surface area contributed by atoms with E-state index in [0.29, 0.717) is 10.8 Å². The van der Waals surface area contributed by atoms with Crippen LogP contribution in [-0.4, -0.2) is 18.0 Å². The summed E-state index contributed by atoms with van der Waals surface area (Å²) in [5.41, 5.74) is 1.19. The molecule has 0 bridgehead atoms. The van der Waals surface area contributed by atoms with Crippen LogP contribution >= 0.6 is 27.5 Å². The van der Waals surface area contributed by atoms with E-state index >= 15 is 0 Å². The smallest absolute Gasteiger partial charge is 0.169 e. The summed E-state index contributed by atoms with van der Waals surface area (Å²) in [5, 5.41) is 0.592. The van der Waals surface area contributed by atoms with Gasteiger partial charge in [0.15, 0.2) is 6.10 Å². The highest BCUT2D eigenvalue weighted by Crippen LogP contribution is 2.37. The van der Waals surface area contributed by atoms with E-state index in [2.05, 4.69) is 27.8 Å². The summed E-state index contributed by atoms with van der Waals surface area (Å²) in [7, 11) is 0. The third-order valence-corrected chi connectivity index (χ3v) is 4.80. The molecule has 1 aliphatic heterocycles.